The number of hydrogen-bond acceptors (Lipinski definition) is 3. The Hall–Kier alpha value is -2.69. The van der Waals surface area contributed by atoms with Crippen LogP contribution in [0.1, 0.15) is 23.4 Å². The van der Waals surface area contributed by atoms with Gasteiger partial charge in [-0.05, 0) is 37.1 Å². The predicted octanol–water partition coefficient (Wildman–Crippen LogP) is 3.86. The molecule has 2 aromatic rings. The van der Waals surface area contributed by atoms with Gasteiger partial charge in [0.05, 0.1) is 5.69 Å². The molecule has 0 atom stereocenters. The Bertz CT molecular complexity index is 672. The van der Waals surface area contributed by atoms with Gasteiger partial charge in [0.2, 0.25) is 0 Å². The van der Waals surface area contributed by atoms with Crippen LogP contribution in [0, 0.1) is 12.7 Å². The first-order valence-electron chi connectivity index (χ1n) is 7.39. The van der Waals surface area contributed by atoms with Crippen molar-refractivity contribution in [1.82, 2.24) is 10.3 Å². The predicted molar refractivity (Wildman–Crippen MR) is 87.2 cm³/mol. The van der Waals surface area contributed by atoms with Crippen molar-refractivity contribution in [3.8, 4) is 0 Å². The molecule has 23 heavy (non-hydrogen) atoms. The van der Waals surface area contributed by atoms with E-state index in [0.29, 0.717) is 18.7 Å². The number of rotatable bonds is 6. The number of carbonyl (C=O) groups is 1. The van der Waals surface area contributed by atoms with Gasteiger partial charge in [-0.15, -0.1) is 0 Å². The van der Waals surface area contributed by atoms with Crippen LogP contribution in [0.4, 0.5) is 9.18 Å². The zero-order valence-electron chi connectivity index (χ0n) is 13.0. The summed E-state index contributed by atoms with van der Waals surface area (Å²) in [5.74, 6) is -0.359. The lowest BCUT2D eigenvalue weighted by Gasteiger charge is -2.05. The Balaban J connectivity index is 1.67. The highest BCUT2D eigenvalue weighted by atomic mass is 19.1. The fraction of sp³-hybridized carbons (Fsp3) is 0.222. The second-order valence-electron chi connectivity index (χ2n) is 5.00. The standard InChI is InChI=1S/C18H19FN2O2/c1-14-10-11-16(19)17(21-14)9-5-6-12-20-18(22)23-13-15-7-3-2-4-8-15/h2-5,7-11H,6,12-13H2,1H3,(H,20,22). The average molecular weight is 314 g/mol. The molecule has 1 heterocycles. The van der Waals surface area contributed by atoms with E-state index in [1.807, 2.05) is 30.3 Å². The number of hydrogen-bond donors (Lipinski definition) is 1. The van der Waals surface area contributed by atoms with Crippen molar-refractivity contribution in [2.45, 2.75) is 20.0 Å². The largest absolute Gasteiger partial charge is 0.445 e. The van der Waals surface area contributed by atoms with Gasteiger partial charge in [0.25, 0.3) is 0 Å². The lowest BCUT2D eigenvalue weighted by Crippen LogP contribution is -2.24. The molecule has 0 saturated carbocycles. The van der Waals surface area contributed by atoms with E-state index < -0.39 is 6.09 Å². The number of nitrogens with zero attached hydrogens (tertiary/aromatic N) is 1. The summed E-state index contributed by atoms with van der Waals surface area (Å²) >= 11 is 0. The summed E-state index contributed by atoms with van der Waals surface area (Å²) in [5, 5.41) is 2.64. The zero-order valence-corrected chi connectivity index (χ0v) is 13.0. The van der Waals surface area contributed by atoms with Crippen LogP contribution in [-0.2, 0) is 11.3 Å². The minimum Gasteiger partial charge on any atom is -0.445 e. The Morgan fingerprint density at radius 2 is 2.04 bits per heavy atom. The molecular formula is C18H19FN2O2. The first kappa shape index (κ1) is 16.7. The quantitative estimate of drug-likeness (QED) is 0.824. The van der Waals surface area contributed by atoms with E-state index in [4.69, 9.17) is 4.74 Å². The second-order valence-corrected chi connectivity index (χ2v) is 5.00. The summed E-state index contributed by atoms with van der Waals surface area (Å²) in [5.41, 5.74) is 1.99. The molecule has 0 aliphatic rings. The minimum absolute atomic E-state index is 0.237. The van der Waals surface area contributed by atoms with Crippen LogP contribution in [-0.4, -0.2) is 17.6 Å². The number of aryl methyl sites for hydroxylation is 1. The molecule has 0 fully saturated rings. The number of benzene rings is 1. The van der Waals surface area contributed by atoms with Crippen LogP contribution in [0.25, 0.3) is 6.08 Å². The highest BCUT2D eigenvalue weighted by Crippen LogP contribution is 2.07. The molecule has 1 N–H and O–H groups in total. The lowest BCUT2D eigenvalue weighted by molar-refractivity contribution is 0.140. The van der Waals surface area contributed by atoms with Crippen LogP contribution in [0.5, 0.6) is 0 Å². The third-order valence-electron chi connectivity index (χ3n) is 3.08. The third kappa shape index (κ3) is 5.90. The van der Waals surface area contributed by atoms with Crippen LogP contribution in [0.2, 0.25) is 0 Å². The summed E-state index contributed by atoms with van der Waals surface area (Å²) < 4.78 is 18.5. The molecule has 0 aliphatic heterocycles. The van der Waals surface area contributed by atoms with Crippen molar-refractivity contribution in [3.05, 3.63) is 71.3 Å². The fourth-order valence-electron chi connectivity index (χ4n) is 1.90. The maximum atomic E-state index is 13.5. The van der Waals surface area contributed by atoms with Gasteiger partial charge < -0.3 is 10.1 Å². The molecule has 120 valence electrons. The molecule has 4 nitrogen and oxygen atoms in total. The van der Waals surface area contributed by atoms with Crippen molar-refractivity contribution in [2.75, 3.05) is 6.54 Å². The van der Waals surface area contributed by atoms with Crippen LogP contribution < -0.4 is 5.32 Å². The van der Waals surface area contributed by atoms with Gasteiger partial charge in [0.1, 0.15) is 12.4 Å². The van der Waals surface area contributed by atoms with Gasteiger partial charge in [-0.3, -0.25) is 4.98 Å². The van der Waals surface area contributed by atoms with Crippen molar-refractivity contribution >= 4 is 12.2 Å². The van der Waals surface area contributed by atoms with Crippen LogP contribution in [0.3, 0.4) is 0 Å². The first-order chi connectivity index (χ1) is 11.1. The highest BCUT2D eigenvalue weighted by Gasteiger charge is 2.01. The van der Waals surface area contributed by atoms with E-state index in [1.54, 1.807) is 25.1 Å². The number of nitrogens with one attached hydrogen (secondary N) is 1. The third-order valence-corrected chi connectivity index (χ3v) is 3.08. The normalized spacial score (nSPS) is 10.7. The van der Waals surface area contributed by atoms with E-state index in [0.717, 1.165) is 11.3 Å². The van der Waals surface area contributed by atoms with E-state index in [1.165, 1.54) is 6.07 Å². The molecule has 0 aliphatic carbocycles. The summed E-state index contributed by atoms with van der Waals surface area (Å²) in [6.07, 6.45) is 3.47. The summed E-state index contributed by atoms with van der Waals surface area (Å²) in [6, 6.07) is 12.5. The van der Waals surface area contributed by atoms with Crippen molar-refractivity contribution in [3.63, 3.8) is 0 Å². The number of pyridine rings is 1. The summed E-state index contributed by atoms with van der Waals surface area (Å²) in [4.78, 5) is 15.6. The molecule has 0 radical (unpaired) electrons. The SMILES string of the molecule is Cc1ccc(F)c(C=CCCNC(=O)OCc2ccccc2)n1. The monoisotopic (exact) mass is 314 g/mol. The highest BCUT2D eigenvalue weighted by molar-refractivity contribution is 5.67. The number of ether oxygens (including phenoxy) is 1. The summed E-state index contributed by atoms with van der Waals surface area (Å²) in [7, 11) is 0. The summed E-state index contributed by atoms with van der Waals surface area (Å²) in [6.45, 7) is 2.46. The molecule has 0 saturated heterocycles. The van der Waals surface area contributed by atoms with Crippen molar-refractivity contribution in [1.29, 1.82) is 0 Å². The molecule has 0 bridgehead atoms. The Kier molecular flexibility index (Phi) is 6.29. The second kappa shape index (κ2) is 8.68. The molecule has 1 aromatic carbocycles. The Labute approximate surface area is 135 Å². The maximum Gasteiger partial charge on any atom is 0.407 e. The first-order valence-corrected chi connectivity index (χ1v) is 7.39. The van der Waals surface area contributed by atoms with Gasteiger partial charge in [-0.2, -0.15) is 0 Å². The molecule has 1 aromatic heterocycles. The Morgan fingerprint density at radius 3 is 2.83 bits per heavy atom. The minimum atomic E-state index is -0.470. The zero-order chi connectivity index (χ0) is 16.5. The van der Waals surface area contributed by atoms with Gasteiger partial charge in [0, 0.05) is 12.2 Å². The average Bonchev–Trinajstić information content (AvgIpc) is 2.56. The van der Waals surface area contributed by atoms with Crippen molar-refractivity contribution < 1.29 is 13.9 Å². The Morgan fingerprint density at radius 1 is 1.26 bits per heavy atom. The molecule has 0 unspecified atom stereocenters. The van der Waals surface area contributed by atoms with Gasteiger partial charge in [-0.25, -0.2) is 9.18 Å². The molecule has 0 spiro atoms. The number of amides is 1. The molecule has 1 amide bonds. The van der Waals surface area contributed by atoms with Gasteiger partial charge >= 0.3 is 6.09 Å². The van der Waals surface area contributed by atoms with Gasteiger partial charge in [0.15, 0.2) is 0 Å². The number of aromatic nitrogens is 1. The fourth-order valence-corrected chi connectivity index (χ4v) is 1.90. The number of halogens is 1. The van der Waals surface area contributed by atoms with Crippen LogP contribution >= 0.6 is 0 Å². The van der Waals surface area contributed by atoms with Crippen LogP contribution in [0.15, 0.2) is 48.5 Å². The lowest BCUT2D eigenvalue weighted by atomic mass is 10.2. The molecular weight excluding hydrogens is 295 g/mol. The van der Waals surface area contributed by atoms with E-state index in [2.05, 4.69) is 10.3 Å². The maximum absolute atomic E-state index is 13.5. The van der Waals surface area contributed by atoms with E-state index >= 15 is 0 Å². The topological polar surface area (TPSA) is 51.2 Å². The molecule has 5 heteroatoms. The molecule has 2 rings (SSSR count). The number of alkyl carbamates (subject to hydrolysis) is 1. The van der Waals surface area contributed by atoms with E-state index in [-0.39, 0.29) is 12.4 Å². The smallest absolute Gasteiger partial charge is 0.407 e. The number of carbonyl (C=O) groups excluding carboxylic acids is 1. The van der Waals surface area contributed by atoms with Crippen molar-refractivity contribution in [2.24, 2.45) is 0 Å². The van der Waals surface area contributed by atoms with E-state index in [9.17, 15) is 9.18 Å². The van der Waals surface area contributed by atoms with Gasteiger partial charge in [-0.1, -0.05) is 36.4 Å².